The quantitative estimate of drug-likeness (QED) is 0.770. The van der Waals surface area contributed by atoms with Gasteiger partial charge in [0, 0.05) is 26.1 Å². The fraction of sp³-hybridized carbons (Fsp3) is 0.562. The Morgan fingerprint density at radius 3 is 2.15 bits per heavy atom. The van der Waals surface area contributed by atoms with Gasteiger partial charge in [-0.1, -0.05) is 13.8 Å². The molecule has 0 aliphatic rings. The van der Waals surface area contributed by atoms with Crippen molar-refractivity contribution in [1.82, 2.24) is 4.90 Å². The molecule has 0 saturated carbocycles. The first-order chi connectivity index (χ1) is 9.46. The molecule has 0 unspecified atom stereocenters. The van der Waals surface area contributed by atoms with Gasteiger partial charge >= 0.3 is 0 Å². The summed E-state index contributed by atoms with van der Waals surface area (Å²) in [4.78, 5) is 13.8. The van der Waals surface area contributed by atoms with E-state index in [2.05, 4.69) is 13.8 Å². The van der Waals surface area contributed by atoms with Gasteiger partial charge in [0.15, 0.2) is 0 Å². The Kier molecular flexibility index (Phi) is 6.36. The smallest absolute Gasteiger partial charge is 0.222 e. The van der Waals surface area contributed by atoms with Crippen LogP contribution in [0.2, 0.25) is 0 Å². The fourth-order valence-electron chi connectivity index (χ4n) is 2.10. The molecule has 0 heterocycles. The molecule has 1 aromatic carbocycles. The van der Waals surface area contributed by atoms with Crippen LogP contribution in [0.25, 0.3) is 0 Å². The molecule has 0 aliphatic carbocycles. The first-order valence-corrected chi connectivity index (χ1v) is 6.92. The fourth-order valence-corrected chi connectivity index (χ4v) is 2.10. The van der Waals surface area contributed by atoms with Gasteiger partial charge in [0.25, 0.3) is 0 Å². The lowest BCUT2D eigenvalue weighted by atomic mass is 10.1. The number of nitrogens with zero attached hydrogens (tertiary/aromatic N) is 1. The van der Waals surface area contributed by atoms with Crippen LogP contribution in [-0.2, 0) is 11.2 Å². The maximum atomic E-state index is 12.0. The van der Waals surface area contributed by atoms with E-state index in [1.54, 1.807) is 19.1 Å². The minimum Gasteiger partial charge on any atom is -0.497 e. The summed E-state index contributed by atoms with van der Waals surface area (Å²) in [6.07, 6.45) is 1.19. The molecule has 0 aromatic heterocycles. The van der Waals surface area contributed by atoms with Gasteiger partial charge in [0.1, 0.15) is 11.5 Å². The largest absolute Gasteiger partial charge is 0.497 e. The Morgan fingerprint density at radius 2 is 1.70 bits per heavy atom. The molecule has 112 valence electrons. The molecule has 0 fully saturated rings. The van der Waals surface area contributed by atoms with E-state index in [0.717, 1.165) is 23.6 Å². The van der Waals surface area contributed by atoms with Crippen molar-refractivity contribution in [3.05, 3.63) is 23.8 Å². The minimum absolute atomic E-state index is 0.167. The Morgan fingerprint density at radius 1 is 1.15 bits per heavy atom. The van der Waals surface area contributed by atoms with Crippen LogP contribution in [-0.4, -0.2) is 38.6 Å². The van der Waals surface area contributed by atoms with Crippen LogP contribution in [0.3, 0.4) is 0 Å². The van der Waals surface area contributed by atoms with E-state index in [9.17, 15) is 4.79 Å². The lowest BCUT2D eigenvalue weighted by Gasteiger charge is -2.19. The first-order valence-electron chi connectivity index (χ1n) is 6.92. The third kappa shape index (κ3) is 5.11. The molecule has 1 rings (SSSR count). The molecule has 0 bridgehead atoms. The molecule has 0 spiro atoms. The van der Waals surface area contributed by atoms with E-state index >= 15 is 0 Å². The van der Waals surface area contributed by atoms with Crippen molar-refractivity contribution in [2.75, 3.05) is 27.8 Å². The molecule has 0 N–H and O–H groups in total. The molecular weight excluding hydrogens is 254 g/mol. The summed E-state index contributed by atoms with van der Waals surface area (Å²) < 4.78 is 10.5. The summed E-state index contributed by atoms with van der Waals surface area (Å²) >= 11 is 0. The van der Waals surface area contributed by atoms with Gasteiger partial charge in [-0.15, -0.1) is 0 Å². The van der Waals surface area contributed by atoms with Crippen molar-refractivity contribution in [1.29, 1.82) is 0 Å². The van der Waals surface area contributed by atoms with Crippen molar-refractivity contribution in [3.8, 4) is 11.5 Å². The lowest BCUT2D eigenvalue weighted by molar-refractivity contribution is -0.130. The van der Waals surface area contributed by atoms with Gasteiger partial charge in [-0.3, -0.25) is 4.79 Å². The molecule has 20 heavy (non-hydrogen) atoms. The van der Waals surface area contributed by atoms with Gasteiger partial charge in [-0.05, 0) is 30.0 Å². The van der Waals surface area contributed by atoms with Crippen molar-refractivity contribution in [2.45, 2.75) is 26.7 Å². The van der Waals surface area contributed by atoms with Gasteiger partial charge in [0.05, 0.1) is 14.2 Å². The summed E-state index contributed by atoms with van der Waals surface area (Å²) in [7, 11) is 5.11. The number of carbonyl (C=O) groups excluding carboxylic acids is 1. The van der Waals surface area contributed by atoms with Crippen molar-refractivity contribution >= 4 is 5.91 Å². The lowest BCUT2D eigenvalue weighted by Crippen LogP contribution is -2.30. The molecule has 0 saturated heterocycles. The number of aryl methyl sites for hydroxylation is 1. The van der Waals surface area contributed by atoms with E-state index in [1.165, 1.54) is 0 Å². The van der Waals surface area contributed by atoms with Gasteiger partial charge < -0.3 is 14.4 Å². The zero-order valence-electron chi connectivity index (χ0n) is 13.1. The van der Waals surface area contributed by atoms with E-state index in [4.69, 9.17) is 9.47 Å². The van der Waals surface area contributed by atoms with Crippen LogP contribution < -0.4 is 9.47 Å². The van der Waals surface area contributed by atoms with Crippen LogP contribution in [0.5, 0.6) is 11.5 Å². The predicted octanol–water partition coefficient (Wildman–Crippen LogP) is 2.75. The summed E-state index contributed by atoms with van der Waals surface area (Å²) in [5.74, 6) is 2.16. The number of rotatable bonds is 7. The summed E-state index contributed by atoms with van der Waals surface area (Å²) in [5, 5.41) is 0. The van der Waals surface area contributed by atoms with Crippen LogP contribution in [0.15, 0.2) is 18.2 Å². The SMILES string of the molecule is COc1cc(CCC(=O)N(C)CC(C)C)cc(OC)c1. The second-order valence-electron chi connectivity index (χ2n) is 5.39. The highest BCUT2D eigenvalue weighted by Crippen LogP contribution is 2.23. The Bertz CT molecular complexity index is 421. The summed E-state index contributed by atoms with van der Waals surface area (Å²) in [6, 6.07) is 5.71. The Labute approximate surface area is 121 Å². The zero-order valence-corrected chi connectivity index (χ0v) is 13.1. The van der Waals surface area contributed by atoms with Crippen molar-refractivity contribution in [3.63, 3.8) is 0 Å². The number of hydrogen-bond acceptors (Lipinski definition) is 3. The van der Waals surface area contributed by atoms with Gasteiger partial charge in [0.2, 0.25) is 5.91 Å². The van der Waals surface area contributed by atoms with E-state index in [-0.39, 0.29) is 5.91 Å². The Balaban J connectivity index is 2.62. The molecule has 0 radical (unpaired) electrons. The third-order valence-electron chi connectivity index (χ3n) is 3.10. The van der Waals surface area contributed by atoms with Gasteiger partial charge in [-0.25, -0.2) is 0 Å². The van der Waals surface area contributed by atoms with Crippen LogP contribution in [0.4, 0.5) is 0 Å². The van der Waals surface area contributed by atoms with Crippen molar-refractivity contribution < 1.29 is 14.3 Å². The second-order valence-corrected chi connectivity index (χ2v) is 5.39. The minimum atomic E-state index is 0.167. The average molecular weight is 279 g/mol. The van der Waals surface area contributed by atoms with E-state index < -0.39 is 0 Å². The highest BCUT2D eigenvalue weighted by Gasteiger charge is 2.11. The highest BCUT2D eigenvalue weighted by molar-refractivity contribution is 5.76. The van der Waals surface area contributed by atoms with Crippen LogP contribution >= 0.6 is 0 Å². The molecular formula is C16H25NO3. The average Bonchev–Trinajstić information content (AvgIpc) is 2.43. The number of hydrogen-bond donors (Lipinski definition) is 0. The normalized spacial score (nSPS) is 10.5. The maximum Gasteiger partial charge on any atom is 0.222 e. The second kappa shape index (κ2) is 7.78. The van der Waals surface area contributed by atoms with Crippen LogP contribution in [0.1, 0.15) is 25.8 Å². The molecule has 0 atom stereocenters. The molecule has 1 amide bonds. The molecule has 1 aromatic rings. The monoisotopic (exact) mass is 279 g/mol. The molecule has 4 heteroatoms. The topological polar surface area (TPSA) is 38.8 Å². The number of carbonyl (C=O) groups is 1. The summed E-state index contributed by atoms with van der Waals surface area (Å²) in [6.45, 7) is 5.01. The molecule has 4 nitrogen and oxygen atoms in total. The van der Waals surface area contributed by atoms with Gasteiger partial charge in [-0.2, -0.15) is 0 Å². The predicted molar refractivity (Wildman–Crippen MR) is 80.3 cm³/mol. The Hall–Kier alpha value is -1.71. The zero-order chi connectivity index (χ0) is 15.1. The highest BCUT2D eigenvalue weighted by atomic mass is 16.5. The maximum absolute atomic E-state index is 12.0. The first kappa shape index (κ1) is 16.3. The number of ether oxygens (including phenoxy) is 2. The van der Waals surface area contributed by atoms with Crippen molar-refractivity contribution in [2.24, 2.45) is 5.92 Å². The molecule has 0 aliphatic heterocycles. The number of benzene rings is 1. The number of amides is 1. The standard InChI is InChI=1S/C16H25NO3/c1-12(2)11-17(3)16(18)7-6-13-8-14(19-4)10-15(9-13)20-5/h8-10,12H,6-7,11H2,1-5H3. The third-order valence-corrected chi connectivity index (χ3v) is 3.10. The summed E-state index contributed by atoms with van der Waals surface area (Å²) in [5.41, 5.74) is 1.05. The van der Waals surface area contributed by atoms with E-state index in [1.807, 2.05) is 25.2 Å². The van der Waals surface area contributed by atoms with E-state index in [0.29, 0.717) is 18.8 Å². The number of methoxy groups -OCH3 is 2. The van der Waals surface area contributed by atoms with Crippen LogP contribution in [0, 0.1) is 5.92 Å².